The molecule has 0 unspecified atom stereocenters. The monoisotopic (exact) mass is 299 g/mol. The van der Waals surface area contributed by atoms with Crippen molar-refractivity contribution in [1.29, 1.82) is 0 Å². The van der Waals surface area contributed by atoms with Gasteiger partial charge in [-0.3, -0.25) is 4.79 Å². The minimum absolute atomic E-state index is 0.0241. The lowest BCUT2D eigenvalue weighted by Gasteiger charge is -2.07. The summed E-state index contributed by atoms with van der Waals surface area (Å²) < 4.78 is 13.5. The number of carbonyl (C=O) groups excluding carboxylic acids is 1. The molecule has 2 aromatic rings. The van der Waals surface area contributed by atoms with Gasteiger partial charge in [-0.1, -0.05) is 23.2 Å². The number of anilines is 2. The van der Waals surface area contributed by atoms with Gasteiger partial charge in [0.15, 0.2) is 0 Å². The fourth-order valence-electron chi connectivity index (χ4n) is 1.44. The van der Waals surface area contributed by atoms with E-state index >= 15 is 0 Å². The lowest BCUT2D eigenvalue weighted by molar-refractivity contribution is 0.102. The molecule has 0 aliphatic carbocycles. The number of nitrogen functional groups attached to an aromatic ring is 1. The van der Waals surface area contributed by atoms with Crippen molar-refractivity contribution in [2.45, 2.75) is 0 Å². The van der Waals surface area contributed by atoms with Gasteiger partial charge in [0.1, 0.15) is 16.8 Å². The number of nitrogens with zero attached hydrogens (tertiary/aromatic N) is 1. The van der Waals surface area contributed by atoms with Crippen LogP contribution in [0.15, 0.2) is 30.3 Å². The molecule has 1 aromatic heterocycles. The average molecular weight is 300 g/mol. The number of halogens is 3. The number of hydrogen-bond donors (Lipinski definition) is 2. The average Bonchev–Trinajstić information content (AvgIpc) is 2.32. The summed E-state index contributed by atoms with van der Waals surface area (Å²) in [6, 6.07) is 6.51. The molecule has 0 spiro atoms. The highest BCUT2D eigenvalue weighted by Gasteiger charge is 2.11. The Balaban J connectivity index is 2.28. The molecule has 0 saturated carbocycles. The third-order valence-corrected chi connectivity index (χ3v) is 2.68. The number of nitrogens with one attached hydrogen (secondary N) is 1. The van der Waals surface area contributed by atoms with Crippen LogP contribution in [0.5, 0.6) is 0 Å². The van der Waals surface area contributed by atoms with Crippen molar-refractivity contribution in [3.8, 4) is 0 Å². The van der Waals surface area contributed by atoms with Crippen LogP contribution < -0.4 is 11.1 Å². The topological polar surface area (TPSA) is 68.0 Å². The smallest absolute Gasteiger partial charge is 0.255 e. The Hall–Kier alpha value is -1.85. The predicted octanol–water partition coefficient (Wildman–Crippen LogP) is 3.36. The number of hydrogen-bond acceptors (Lipinski definition) is 3. The van der Waals surface area contributed by atoms with Gasteiger partial charge in [-0.05, 0) is 30.3 Å². The van der Waals surface area contributed by atoms with Crippen molar-refractivity contribution >= 4 is 40.6 Å². The molecule has 7 heteroatoms. The number of aromatic nitrogens is 1. The molecule has 98 valence electrons. The van der Waals surface area contributed by atoms with Crippen LogP contribution in [-0.4, -0.2) is 10.9 Å². The largest absolute Gasteiger partial charge is 0.384 e. The molecule has 0 atom stereocenters. The van der Waals surface area contributed by atoms with Gasteiger partial charge in [0, 0.05) is 10.6 Å². The first-order chi connectivity index (χ1) is 8.95. The van der Waals surface area contributed by atoms with E-state index in [1.165, 1.54) is 24.3 Å². The van der Waals surface area contributed by atoms with Crippen LogP contribution >= 0.6 is 23.2 Å². The normalized spacial score (nSPS) is 10.3. The zero-order valence-corrected chi connectivity index (χ0v) is 11.0. The highest BCUT2D eigenvalue weighted by molar-refractivity contribution is 6.31. The van der Waals surface area contributed by atoms with E-state index < -0.39 is 11.7 Å². The summed E-state index contributed by atoms with van der Waals surface area (Å²) in [6.07, 6.45) is 0. The lowest BCUT2D eigenvalue weighted by atomic mass is 10.2. The fraction of sp³-hybridized carbons (Fsp3) is 0. The summed E-state index contributed by atoms with van der Waals surface area (Å²) in [4.78, 5) is 15.6. The van der Waals surface area contributed by atoms with Crippen molar-refractivity contribution < 1.29 is 9.18 Å². The molecule has 0 fully saturated rings. The highest BCUT2D eigenvalue weighted by atomic mass is 35.5. The Kier molecular flexibility index (Phi) is 3.87. The Bertz CT molecular complexity index is 629. The Labute approximate surface area is 118 Å². The third kappa shape index (κ3) is 3.33. The maximum absolute atomic E-state index is 13.5. The molecule has 0 bridgehead atoms. The van der Waals surface area contributed by atoms with Crippen LogP contribution in [0.3, 0.4) is 0 Å². The second-order valence-electron chi connectivity index (χ2n) is 3.68. The molecular formula is C12H8Cl2FN3O. The van der Waals surface area contributed by atoms with Gasteiger partial charge >= 0.3 is 0 Å². The molecule has 1 aromatic carbocycles. The van der Waals surface area contributed by atoms with Crippen molar-refractivity contribution in [3.63, 3.8) is 0 Å². The standard InChI is InChI=1S/C12H8Cl2FN3O/c13-7-1-2-8(15)9(5-7)17-12(19)6-3-10(14)18-11(16)4-6/h1-5H,(H2,16,18)(H,17,19). The molecule has 1 heterocycles. The first-order valence-corrected chi connectivity index (χ1v) is 5.91. The molecule has 0 aliphatic rings. The van der Waals surface area contributed by atoms with Crippen molar-refractivity contribution in [3.05, 3.63) is 51.9 Å². The van der Waals surface area contributed by atoms with E-state index in [9.17, 15) is 9.18 Å². The highest BCUT2D eigenvalue weighted by Crippen LogP contribution is 2.21. The van der Waals surface area contributed by atoms with Gasteiger partial charge in [-0.15, -0.1) is 0 Å². The molecule has 0 aliphatic heterocycles. The van der Waals surface area contributed by atoms with Gasteiger partial charge in [0.2, 0.25) is 0 Å². The minimum atomic E-state index is -0.592. The quantitative estimate of drug-likeness (QED) is 0.836. The molecule has 2 rings (SSSR count). The molecular weight excluding hydrogens is 292 g/mol. The maximum Gasteiger partial charge on any atom is 0.255 e. The van der Waals surface area contributed by atoms with E-state index in [-0.39, 0.29) is 22.2 Å². The summed E-state index contributed by atoms with van der Waals surface area (Å²) >= 11 is 11.4. The van der Waals surface area contributed by atoms with E-state index in [1.807, 2.05) is 0 Å². The zero-order chi connectivity index (χ0) is 14.0. The number of pyridine rings is 1. The van der Waals surface area contributed by atoms with Crippen molar-refractivity contribution in [1.82, 2.24) is 4.98 Å². The lowest BCUT2D eigenvalue weighted by Crippen LogP contribution is -2.13. The minimum Gasteiger partial charge on any atom is -0.384 e. The molecule has 4 nitrogen and oxygen atoms in total. The van der Waals surface area contributed by atoms with Gasteiger partial charge in [-0.2, -0.15) is 0 Å². The van der Waals surface area contributed by atoms with E-state index in [1.54, 1.807) is 0 Å². The predicted molar refractivity (Wildman–Crippen MR) is 73.0 cm³/mol. The molecule has 3 N–H and O–H groups in total. The maximum atomic E-state index is 13.5. The number of carbonyl (C=O) groups is 1. The van der Waals surface area contributed by atoms with E-state index in [0.717, 1.165) is 6.07 Å². The fourth-order valence-corrected chi connectivity index (χ4v) is 1.82. The summed E-state index contributed by atoms with van der Waals surface area (Å²) in [7, 11) is 0. The Morgan fingerprint density at radius 2 is 2.00 bits per heavy atom. The molecule has 1 amide bonds. The van der Waals surface area contributed by atoms with Crippen LogP contribution in [-0.2, 0) is 0 Å². The second-order valence-corrected chi connectivity index (χ2v) is 4.51. The second kappa shape index (κ2) is 5.42. The third-order valence-electron chi connectivity index (χ3n) is 2.25. The van der Waals surface area contributed by atoms with E-state index in [4.69, 9.17) is 28.9 Å². The van der Waals surface area contributed by atoms with Gasteiger partial charge in [-0.25, -0.2) is 9.37 Å². The summed E-state index contributed by atoms with van der Waals surface area (Å²) in [5, 5.41) is 2.77. The van der Waals surface area contributed by atoms with Crippen molar-refractivity contribution in [2.75, 3.05) is 11.1 Å². The SMILES string of the molecule is Nc1cc(C(=O)Nc2cc(Cl)ccc2F)cc(Cl)n1. The first kappa shape index (κ1) is 13.6. The molecule has 0 saturated heterocycles. The zero-order valence-electron chi connectivity index (χ0n) is 9.45. The van der Waals surface area contributed by atoms with Crippen LogP contribution in [0.25, 0.3) is 0 Å². The first-order valence-electron chi connectivity index (χ1n) is 5.15. The molecule has 19 heavy (non-hydrogen) atoms. The van der Waals surface area contributed by atoms with Crippen LogP contribution in [0.1, 0.15) is 10.4 Å². The van der Waals surface area contributed by atoms with E-state index in [2.05, 4.69) is 10.3 Å². The summed E-state index contributed by atoms with van der Waals surface area (Å²) in [5.74, 6) is -1.05. The summed E-state index contributed by atoms with van der Waals surface area (Å²) in [6.45, 7) is 0. The van der Waals surface area contributed by atoms with Gasteiger partial charge in [0.05, 0.1) is 5.69 Å². The number of rotatable bonds is 2. The van der Waals surface area contributed by atoms with Gasteiger partial charge in [0.25, 0.3) is 5.91 Å². The van der Waals surface area contributed by atoms with Crippen LogP contribution in [0.2, 0.25) is 10.2 Å². The number of nitrogens with two attached hydrogens (primary N) is 1. The Morgan fingerprint density at radius 1 is 1.26 bits per heavy atom. The Morgan fingerprint density at radius 3 is 2.68 bits per heavy atom. The van der Waals surface area contributed by atoms with Gasteiger partial charge < -0.3 is 11.1 Å². The number of benzene rings is 1. The molecule has 0 radical (unpaired) electrons. The van der Waals surface area contributed by atoms with E-state index in [0.29, 0.717) is 5.02 Å². The van der Waals surface area contributed by atoms with Crippen LogP contribution in [0, 0.1) is 5.82 Å². The summed E-state index contributed by atoms with van der Waals surface area (Å²) in [5.41, 5.74) is 5.63. The van der Waals surface area contributed by atoms with Crippen molar-refractivity contribution in [2.24, 2.45) is 0 Å². The number of amides is 1. The van der Waals surface area contributed by atoms with Crippen LogP contribution in [0.4, 0.5) is 15.9 Å².